The highest BCUT2D eigenvalue weighted by molar-refractivity contribution is 5.93. The molecular formula is C11H15N3O2. The topological polar surface area (TPSA) is 87.4 Å². The van der Waals surface area contributed by atoms with Crippen molar-refractivity contribution in [2.45, 2.75) is 18.9 Å². The summed E-state index contributed by atoms with van der Waals surface area (Å²) in [6.45, 7) is 0.311. The number of aliphatic hydroxyl groups excluding tert-OH is 1. The summed E-state index contributed by atoms with van der Waals surface area (Å²) in [5.74, 6) is 5.20. The van der Waals surface area contributed by atoms with Crippen molar-refractivity contribution in [3.63, 3.8) is 0 Å². The molecule has 1 aromatic rings. The predicted molar refractivity (Wildman–Crippen MR) is 60.5 cm³/mol. The van der Waals surface area contributed by atoms with Gasteiger partial charge in [-0.3, -0.25) is 16.1 Å². The molecular weight excluding hydrogens is 206 g/mol. The van der Waals surface area contributed by atoms with Crippen molar-refractivity contribution in [3.8, 4) is 0 Å². The van der Waals surface area contributed by atoms with Crippen molar-refractivity contribution in [1.82, 2.24) is 5.43 Å². The molecule has 0 saturated heterocycles. The van der Waals surface area contributed by atoms with E-state index in [9.17, 15) is 9.90 Å². The van der Waals surface area contributed by atoms with Crippen LogP contribution in [0.5, 0.6) is 0 Å². The van der Waals surface area contributed by atoms with E-state index >= 15 is 0 Å². The molecule has 1 aliphatic heterocycles. The lowest BCUT2D eigenvalue weighted by atomic mass is 9.98. The molecule has 0 fully saturated rings. The van der Waals surface area contributed by atoms with Gasteiger partial charge in [0.2, 0.25) is 5.91 Å². The molecule has 1 aliphatic rings. The highest BCUT2D eigenvalue weighted by Gasteiger charge is 2.16. The molecule has 1 unspecified atom stereocenters. The number of nitrogens with one attached hydrogen (secondary N) is 2. The Kier molecular flexibility index (Phi) is 3.19. The Balaban J connectivity index is 2.22. The van der Waals surface area contributed by atoms with Gasteiger partial charge < -0.3 is 10.4 Å². The lowest BCUT2D eigenvalue weighted by molar-refractivity contribution is -0.116. The third-order valence-electron chi connectivity index (χ3n) is 2.72. The van der Waals surface area contributed by atoms with Gasteiger partial charge in [-0.2, -0.15) is 0 Å². The Morgan fingerprint density at radius 2 is 2.31 bits per heavy atom. The molecule has 86 valence electrons. The molecule has 0 bridgehead atoms. The van der Waals surface area contributed by atoms with Gasteiger partial charge in [0.25, 0.3) is 0 Å². The fourth-order valence-electron chi connectivity index (χ4n) is 1.84. The number of aliphatic hydroxyl groups is 1. The monoisotopic (exact) mass is 221 g/mol. The Labute approximate surface area is 93.6 Å². The third kappa shape index (κ3) is 2.21. The van der Waals surface area contributed by atoms with Crippen LogP contribution in [-0.2, 0) is 11.2 Å². The first-order valence-electron chi connectivity index (χ1n) is 5.25. The van der Waals surface area contributed by atoms with E-state index in [2.05, 4.69) is 10.7 Å². The van der Waals surface area contributed by atoms with Crippen LogP contribution in [-0.4, -0.2) is 17.6 Å². The van der Waals surface area contributed by atoms with Crippen molar-refractivity contribution in [2.75, 3.05) is 11.9 Å². The average molecular weight is 221 g/mol. The fourth-order valence-corrected chi connectivity index (χ4v) is 1.84. The van der Waals surface area contributed by atoms with Crippen molar-refractivity contribution in [1.29, 1.82) is 0 Å². The predicted octanol–water partition coefficient (Wildman–Crippen LogP) is 0.0680. The lowest BCUT2D eigenvalue weighted by Gasteiger charge is -2.19. The molecule has 0 radical (unpaired) electrons. The molecule has 5 nitrogen and oxygen atoms in total. The van der Waals surface area contributed by atoms with Gasteiger partial charge in [-0.25, -0.2) is 0 Å². The van der Waals surface area contributed by atoms with Crippen molar-refractivity contribution in [2.24, 2.45) is 5.84 Å². The van der Waals surface area contributed by atoms with Crippen LogP contribution in [0.25, 0.3) is 0 Å². The number of benzene rings is 1. The molecule has 0 aromatic heterocycles. The van der Waals surface area contributed by atoms with E-state index < -0.39 is 6.10 Å². The highest BCUT2D eigenvalue weighted by Crippen LogP contribution is 2.25. The average Bonchev–Trinajstić information content (AvgIpc) is 2.28. The molecule has 2 rings (SSSR count). The highest BCUT2D eigenvalue weighted by atomic mass is 16.3. The maximum Gasteiger partial charge on any atom is 0.224 e. The molecule has 1 atom stereocenters. The molecule has 1 heterocycles. The summed E-state index contributed by atoms with van der Waals surface area (Å²) < 4.78 is 0. The van der Waals surface area contributed by atoms with Crippen molar-refractivity contribution in [3.05, 3.63) is 29.3 Å². The number of hydrogen-bond donors (Lipinski definition) is 4. The van der Waals surface area contributed by atoms with Gasteiger partial charge in [0, 0.05) is 18.7 Å². The number of hydrazine groups is 1. The second kappa shape index (κ2) is 4.61. The second-order valence-corrected chi connectivity index (χ2v) is 3.89. The maximum absolute atomic E-state index is 11.2. The van der Waals surface area contributed by atoms with Crippen LogP contribution in [0.3, 0.4) is 0 Å². The number of carbonyl (C=O) groups is 1. The SMILES string of the molecule is NNCC(O)c1ccc2c(c1)CCC(=O)N2. The van der Waals surface area contributed by atoms with Crippen LogP contribution in [0.2, 0.25) is 0 Å². The fraction of sp³-hybridized carbons (Fsp3) is 0.364. The van der Waals surface area contributed by atoms with Crippen LogP contribution in [0, 0.1) is 0 Å². The quantitative estimate of drug-likeness (QED) is 0.429. The van der Waals surface area contributed by atoms with E-state index in [1.165, 1.54) is 0 Å². The van der Waals surface area contributed by atoms with Crippen LogP contribution >= 0.6 is 0 Å². The van der Waals surface area contributed by atoms with Gasteiger partial charge in [0.15, 0.2) is 0 Å². The van der Waals surface area contributed by atoms with Gasteiger partial charge >= 0.3 is 0 Å². The van der Waals surface area contributed by atoms with Crippen molar-refractivity contribution < 1.29 is 9.90 Å². The van der Waals surface area contributed by atoms with Gasteiger partial charge in [-0.15, -0.1) is 0 Å². The van der Waals surface area contributed by atoms with Gasteiger partial charge in [-0.05, 0) is 23.6 Å². The smallest absolute Gasteiger partial charge is 0.224 e. The Bertz CT molecular complexity index is 406. The summed E-state index contributed by atoms with van der Waals surface area (Å²) >= 11 is 0. The minimum atomic E-state index is -0.618. The zero-order valence-corrected chi connectivity index (χ0v) is 8.86. The molecule has 16 heavy (non-hydrogen) atoms. The van der Waals surface area contributed by atoms with E-state index in [1.54, 1.807) is 6.07 Å². The minimum absolute atomic E-state index is 0.0458. The molecule has 0 spiro atoms. The first kappa shape index (κ1) is 11.1. The number of nitrogens with two attached hydrogens (primary N) is 1. The van der Waals surface area contributed by atoms with E-state index in [0.717, 1.165) is 23.2 Å². The number of amides is 1. The number of fused-ring (bicyclic) bond motifs is 1. The largest absolute Gasteiger partial charge is 0.387 e. The van der Waals surface area contributed by atoms with E-state index in [1.807, 2.05) is 12.1 Å². The summed E-state index contributed by atoms with van der Waals surface area (Å²) in [7, 11) is 0. The zero-order chi connectivity index (χ0) is 11.5. The standard InChI is InChI=1S/C11H15N3O2/c12-13-6-10(15)8-1-3-9-7(5-8)2-4-11(16)14-9/h1,3,5,10,13,15H,2,4,6,12H2,(H,14,16). The minimum Gasteiger partial charge on any atom is -0.387 e. The number of aryl methyl sites for hydroxylation is 1. The molecule has 0 aliphatic carbocycles. The zero-order valence-electron chi connectivity index (χ0n) is 8.86. The summed E-state index contributed by atoms with van der Waals surface area (Å²) in [5.41, 5.74) is 5.15. The molecule has 0 saturated carbocycles. The first-order chi connectivity index (χ1) is 7.70. The third-order valence-corrected chi connectivity index (χ3v) is 2.72. The van der Waals surface area contributed by atoms with Crippen LogP contribution in [0.15, 0.2) is 18.2 Å². The number of anilines is 1. The summed E-state index contributed by atoms with van der Waals surface area (Å²) in [6, 6.07) is 5.53. The summed E-state index contributed by atoms with van der Waals surface area (Å²) in [6.07, 6.45) is 0.604. The van der Waals surface area contributed by atoms with Gasteiger partial charge in [0.1, 0.15) is 0 Å². The van der Waals surface area contributed by atoms with Crippen LogP contribution in [0.1, 0.15) is 23.7 Å². The number of hydrogen-bond acceptors (Lipinski definition) is 4. The number of rotatable bonds is 3. The second-order valence-electron chi connectivity index (χ2n) is 3.89. The van der Waals surface area contributed by atoms with Crippen molar-refractivity contribution >= 4 is 11.6 Å². The lowest BCUT2D eigenvalue weighted by Crippen LogP contribution is -2.27. The van der Waals surface area contributed by atoms with E-state index in [0.29, 0.717) is 13.0 Å². The number of carbonyl (C=O) groups excluding carboxylic acids is 1. The van der Waals surface area contributed by atoms with Crippen LogP contribution in [0.4, 0.5) is 5.69 Å². The van der Waals surface area contributed by atoms with E-state index in [-0.39, 0.29) is 5.91 Å². The summed E-state index contributed by atoms with van der Waals surface area (Å²) in [4.78, 5) is 11.2. The molecule has 5 heteroatoms. The normalized spacial score (nSPS) is 16.5. The Hall–Kier alpha value is -1.43. The molecule has 5 N–H and O–H groups in total. The molecule has 1 amide bonds. The van der Waals surface area contributed by atoms with Crippen LogP contribution < -0.4 is 16.6 Å². The summed E-state index contributed by atoms with van der Waals surface area (Å²) in [5, 5.41) is 12.5. The van der Waals surface area contributed by atoms with E-state index in [4.69, 9.17) is 5.84 Å². The Morgan fingerprint density at radius 1 is 1.50 bits per heavy atom. The Morgan fingerprint density at radius 3 is 3.06 bits per heavy atom. The first-order valence-corrected chi connectivity index (χ1v) is 5.25. The maximum atomic E-state index is 11.2. The van der Waals surface area contributed by atoms with Gasteiger partial charge in [-0.1, -0.05) is 12.1 Å². The van der Waals surface area contributed by atoms with Gasteiger partial charge in [0.05, 0.1) is 6.10 Å². The molecule has 1 aromatic carbocycles.